The van der Waals surface area contributed by atoms with Gasteiger partial charge in [-0.3, -0.25) is 0 Å². The fourth-order valence-electron chi connectivity index (χ4n) is 2.45. The summed E-state index contributed by atoms with van der Waals surface area (Å²) >= 11 is 3.17. The highest BCUT2D eigenvalue weighted by atomic mass is 32.2. The second kappa shape index (κ2) is 5.23. The Morgan fingerprint density at radius 3 is 2.95 bits per heavy atom. The molecule has 0 amide bonds. The zero-order valence-corrected chi connectivity index (χ0v) is 13.6. The topological polar surface area (TPSA) is 63.4 Å². The minimum absolute atomic E-state index is 0.385. The summed E-state index contributed by atoms with van der Waals surface area (Å²) in [4.78, 5) is 3.46. The smallest absolute Gasteiger partial charge is 0.244 e. The van der Waals surface area contributed by atoms with E-state index in [9.17, 15) is 8.42 Å². The van der Waals surface area contributed by atoms with Crippen LogP contribution in [0.15, 0.2) is 22.4 Å². The van der Waals surface area contributed by atoms with Crippen molar-refractivity contribution in [3.05, 3.63) is 37.7 Å². The third kappa shape index (κ3) is 2.33. The summed E-state index contributed by atoms with van der Waals surface area (Å²) in [6, 6.07) is 3.74. The predicted molar refractivity (Wildman–Crippen MR) is 82.6 cm³/mol. The van der Waals surface area contributed by atoms with Gasteiger partial charge in [-0.2, -0.15) is 4.31 Å². The van der Waals surface area contributed by atoms with E-state index >= 15 is 0 Å². The van der Waals surface area contributed by atoms with E-state index in [2.05, 4.69) is 0 Å². The molecule has 20 heavy (non-hydrogen) atoms. The summed E-state index contributed by atoms with van der Waals surface area (Å²) in [5.74, 6) is 0. The number of nitrogens with zero attached hydrogens (tertiary/aromatic N) is 1. The first-order chi connectivity index (χ1) is 9.52. The van der Waals surface area contributed by atoms with E-state index in [1.165, 1.54) is 16.2 Å². The number of hydrogen-bond acceptors (Lipinski definition) is 5. The number of aryl methyl sites for hydroxylation is 1. The Morgan fingerprint density at radius 1 is 1.45 bits per heavy atom. The molecule has 0 unspecified atom stereocenters. The highest BCUT2D eigenvalue weighted by molar-refractivity contribution is 7.89. The first-order valence-electron chi connectivity index (χ1n) is 6.37. The molecule has 2 N–H and O–H groups in total. The number of nitrogens with two attached hydrogens (primary N) is 1. The molecule has 7 heteroatoms. The van der Waals surface area contributed by atoms with Crippen molar-refractivity contribution in [1.82, 2.24) is 4.31 Å². The van der Waals surface area contributed by atoms with Gasteiger partial charge in [0.2, 0.25) is 10.0 Å². The minimum atomic E-state index is -3.41. The van der Waals surface area contributed by atoms with Gasteiger partial charge in [-0.05, 0) is 36.4 Å². The molecule has 0 aromatic carbocycles. The van der Waals surface area contributed by atoms with Crippen LogP contribution < -0.4 is 5.73 Å². The third-order valence-corrected chi connectivity index (χ3v) is 7.71. The lowest BCUT2D eigenvalue weighted by Gasteiger charge is -2.26. The summed E-state index contributed by atoms with van der Waals surface area (Å²) < 4.78 is 27.1. The van der Waals surface area contributed by atoms with Gasteiger partial charge in [-0.15, -0.1) is 22.7 Å². The molecule has 1 aliphatic heterocycles. The third-order valence-electron chi connectivity index (χ3n) is 3.51. The zero-order chi connectivity index (χ0) is 14.3. The van der Waals surface area contributed by atoms with Crippen molar-refractivity contribution in [3.8, 4) is 0 Å². The molecule has 0 spiro atoms. The minimum Gasteiger partial charge on any atom is -0.326 e. The van der Waals surface area contributed by atoms with Crippen molar-refractivity contribution in [2.45, 2.75) is 31.3 Å². The number of sulfonamides is 1. The lowest BCUT2D eigenvalue weighted by molar-refractivity contribution is 0.394. The molecule has 0 fully saturated rings. The fraction of sp³-hybridized carbons (Fsp3) is 0.385. The standard InChI is InChI=1S/C13H16N2O2S3/c1-9-13(6-11(7-14)19-9)20(16,17)15-4-2-12-10(8-15)3-5-18-12/h3,5-6H,2,4,7-8,14H2,1H3. The van der Waals surface area contributed by atoms with Gasteiger partial charge in [0.25, 0.3) is 0 Å². The van der Waals surface area contributed by atoms with E-state index in [4.69, 9.17) is 5.73 Å². The average molecular weight is 328 g/mol. The first-order valence-corrected chi connectivity index (χ1v) is 9.51. The molecule has 0 saturated heterocycles. The van der Waals surface area contributed by atoms with Crippen LogP contribution in [0.1, 0.15) is 20.2 Å². The van der Waals surface area contributed by atoms with Gasteiger partial charge >= 0.3 is 0 Å². The van der Waals surface area contributed by atoms with Crippen LogP contribution in [0.5, 0.6) is 0 Å². The summed E-state index contributed by atoms with van der Waals surface area (Å²) in [6.07, 6.45) is 0.805. The Bertz CT molecular complexity index is 731. The maximum atomic E-state index is 12.8. The maximum absolute atomic E-state index is 12.8. The van der Waals surface area contributed by atoms with E-state index in [0.717, 1.165) is 21.7 Å². The van der Waals surface area contributed by atoms with Crippen LogP contribution in [0.2, 0.25) is 0 Å². The largest absolute Gasteiger partial charge is 0.326 e. The summed E-state index contributed by atoms with van der Waals surface area (Å²) in [7, 11) is -3.41. The van der Waals surface area contributed by atoms with Gasteiger partial charge in [0.15, 0.2) is 0 Å². The summed E-state index contributed by atoms with van der Waals surface area (Å²) in [5, 5.41) is 2.03. The molecule has 0 bridgehead atoms. The zero-order valence-electron chi connectivity index (χ0n) is 11.1. The molecule has 0 radical (unpaired) electrons. The molecular formula is C13H16N2O2S3. The molecule has 3 heterocycles. The monoisotopic (exact) mass is 328 g/mol. The Labute approximate surface area is 126 Å². The van der Waals surface area contributed by atoms with Gasteiger partial charge in [0, 0.05) is 34.3 Å². The van der Waals surface area contributed by atoms with Gasteiger partial charge < -0.3 is 5.73 Å². The average Bonchev–Trinajstić information content (AvgIpc) is 3.03. The number of rotatable bonds is 3. The highest BCUT2D eigenvalue weighted by Gasteiger charge is 2.30. The molecule has 2 aromatic heterocycles. The van der Waals surface area contributed by atoms with Crippen molar-refractivity contribution >= 4 is 32.7 Å². The fourth-order valence-corrected chi connectivity index (χ4v) is 6.24. The van der Waals surface area contributed by atoms with Crippen LogP contribution in [0.3, 0.4) is 0 Å². The van der Waals surface area contributed by atoms with E-state index < -0.39 is 10.0 Å². The Balaban J connectivity index is 1.95. The molecule has 1 aliphatic rings. The summed E-state index contributed by atoms with van der Waals surface area (Å²) in [6.45, 7) is 3.27. The second-order valence-electron chi connectivity index (χ2n) is 4.79. The van der Waals surface area contributed by atoms with Crippen LogP contribution in [-0.2, 0) is 29.5 Å². The Hall–Kier alpha value is -0.730. The van der Waals surface area contributed by atoms with Crippen LogP contribution in [0.4, 0.5) is 0 Å². The van der Waals surface area contributed by atoms with Crippen molar-refractivity contribution in [3.63, 3.8) is 0 Å². The van der Waals surface area contributed by atoms with Crippen LogP contribution in [0, 0.1) is 6.92 Å². The van der Waals surface area contributed by atoms with Crippen molar-refractivity contribution < 1.29 is 8.42 Å². The molecule has 108 valence electrons. The molecule has 3 rings (SSSR count). The molecular weight excluding hydrogens is 312 g/mol. The Morgan fingerprint density at radius 2 is 2.25 bits per heavy atom. The second-order valence-corrected chi connectivity index (χ2v) is 9.04. The number of thiophene rings is 2. The lowest BCUT2D eigenvalue weighted by Crippen LogP contribution is -2.35. The van der Waals surface area contributed by atoms with E-state index in [0.29, 0.717) is 24.5 Å². The summed E-state index contributed by atoms with van der Waals surface area (Å²) in [5.41, 5.74) is 6.74. The van der Waals surface area contributed by atoms with E-state index in [1.54, 1.807) is 21.7 Å². The van der Waals surface area contributed by atoms with Gasteiger partial charge in [0.05, 0.1) is 4.90 Å². The van der Waals surface area contributed by atoms with Crippen LogP contribution >= 0.6 is 22.7 Å². The molecule has 0 saturated carbocycles. The number of fused-ring (bicyclic) bond motifs is 1. The van der Waals surface area contributed by atoms with Crippen molar-refractivity contribution in [1.29, 1.82) is 0 Å². The van der Waals surface area contributed by atoms with Crippen molar-refractivity contribution in [2.75, 3.05) is 6.54 Å². The predicted octanol–water partition coefficient (Wildman–Crippen LogP) is 2.32. The molecule has 4 nitrogen and oxygen atoms in total. The highest BCUT2D eigenvalue weighted by Crippen LogP contribution is 2.32. The molecule has 0 aliphatic carbocycles. The van der Waals surface area contributed by atoms with Crippen molar-refractivity contribution in [2.24, 2.45) is 5.73 Å². The van der Waals surface area contributed by atoms with E-state index in [1.807, 2.05) is 18.4 Å². The first kappa shape index (κ1) is 14.2. The maximum Gasteiger partial charge on any atom is 0.244 e. The van der Waals surface area contributed by atoms with Gasteiger partial charge in [-0.1, -0.05) is 0 Å². The Kier molecular flexibility index (Phi) is 3.72. The normalized spacial score (nSPS) is 16.3. The van der Waals surface area contributed by atoms with Crippen LogP contribution in [0.25, 0.3) is 0 Å². The SMILES string of the molecule is Cc1sc(CN)cc1S(=O)(=O)N1CCc2sccc2C1. The van der Waals surface area contributed by atoms with Gasteiger partial charge in [-0.25, -0.2) is 8.42 Å². The van der Waals surface area contributed by atoms with E-state index in [-0.39, 0.29) is 0 Å². The van der Waals surface area contributed by atoms with Gasteiger partial charge in [0.1, 0.15) is 0 Å². The number of hydrogen-bond donors (Lipinski definition) is 1. The molecule has 2 aromatic rings. The lowest BCUT2D eigenvalue weighted by atomic mass is 10.1. The molecule has 0 atom stereocenters. The quantitative estimate of drug-likeness (QED) is 0.940. The van der Waals surface area contributed by atoms with Crippen LogP contribution in [-0.4, -0.2) is 19.3 Å².